The molecule has 0 fully saturated rings. The Bertz CT molecular complexity index is 2540. The molecule has 12 heteroatoms. The Morgan fingerprint density at radius 3 is 1.88 bits per heavy atom. The zero-order valence-corrected chi connectivity index (χ0v) is 28.3. The molecule has 0 unspecified atom stereocenters. The van der Waals surface area contributed by atoms with E-state index in [0.29, 0.717) is 5.82 Å². The van der Waals surface area contributed by atoms with Crippen LogP contribution < -0.4 is 0 Å². The predicted molar refractivity (Wildman–Crippen MR) is 190 cm³/mol. The number of rotatable bonds is 5. The first-order chi connectivity index (χ1) is 24.4. The second-order valence-corrected chi connectivity index (χ2v) is 12.9. The van der Waals surface area contributed by atoms with Crippen LogP contribution in [0.15, 0.2) is 73.3 Å². The molecule has 2 aliphatic rings. The second-order valence-electron chi connectivity index (χ2n) is 12.9. The van der Waals surface area contributed by atoms with Gasteiger partial charge in [-0.25, -0.2) is 29.0 Å². The Balaban J connectivity index is 0.000000135. The second kappa shape index (κ2) is 11.7. The SMILES string of the molecule is Cc1ncc(C)n2nc(/C=C/c3cn4c(n3)-c3ccccc3C4)nc12.Cc1ncc(C)n2nc(CCc3cn4c(n3)-c3ccccc3C4)nc12. The highest BCUT2D eigenvalue weighted by atomic mass is 15.3. The maximum absolute atomic E-state index is 4.82. The summed E-state index contributed by atoms with van der Waals surface area (Å²) >= 11 is 0. The standard InChI is InChI=1S/C19H18N6.C19H16N6/c2*1-12-9-20-13(2)18-22-17(23-25(12)18)8-7-15-11-24-10-14-5-3-4-6-16(14)19(24)21-15/h3-6,9,11H,7-8,10H2,1-2H3;3-9,11H,10H2,1-2H3/b;8-7+. The molecule has 0 N–H and O–H groups in total. The van der Waals surface area contributed by atoms with E-state index in [9.17, 15) is 0 Å². The lowest BCUT2D eigenvalue weighted by Gasteiger charge is -1.97. The smallest absolute Gasteiger partial charge is 0.177 e. The maximum Gasteiger partial charge on any atom is 0.177 e. The molecule has 0 amide bonds. The van der Waals surface area contributed by atoms with Gasteiger partial charge in [0.1, 0.15) is 11.6 Å². The largest absolute Gasteiger partial charge is 0.326 e. The monoisotopic (exact) mass is 658 g/mol. The molecule has 0 saturated carbocycles. The third-order valence-corrected chi connectivity index (χ3v) is 9.31. The van der Waals surface area contributed by atoms with E-state index in [1.54, 1.807) is 0 Å². The number of imidazole rings is 2. The van der Waals surface area contributed by atoms with E-state index in [2.05, 4.69) is 100 Å². The molecule has 2 aliphatic heterocycles. The average Bonchev–Trinajstić information content (AvgIpc) is 3.96. The van der Waals surface area contributed by atoms with Gasteiger partial charge in [0.15, 0.2) is 22.9 Å². The van der Waals surface area contributed by atoms with Crippen molar-refractivity contribution in [3.63, 3.8) is 0 Å². The van der Waals surface area contributed by atoms with Gasteiger partial charge in [-0.05, 0) is 57.4 Å². The minimum atomic E-state index is 0.660. The van der Waals surface area contributed by atoms with Gasteiger partial charge in [-0.15, -0.1) is 5.10 Å². The number of aromatic nitrogens is 12. The van der Waals surface area contributed by atoms with E-state index in [-0.39, 0.29) is 0 Å². The Labute approximate surface area is 287 Å². The van der Waals surface area contributed by atoms with Crippen molar-refractivity contribution in [2.24, 2.45) is 0 Å². The Morgan fingerprint density at radius 1 is 0.620 bits per heavy atom. The van der Waals surface area contributed by atoms with Crippen LogP contribution in [0.1, 0.15) is 56.9 Å². The highest BCUT2D eigenvalue weighted by Gasteiger charge is 2.21. The van der Waals surface area contributed by atoms with Gasteiger partial charge in [0.25, 0.3) is 0 Å². The fourth-order valence-corrected chi connectivity index (χ4v) is 6.72. The molecule has 8 aromatic rings. The number of fused-ring (bicyclic) bond motifs is 8. The summed E-state index contributed by atoms with van der Waals surface area (Å²) in [5.74, 6) is 3.60. The number of benzene rings is 2. The lowest BCUT2D eigenvalue weighted by molar-refractivity contribution is 0.804. The van der Waals surface area contributed by atoms with Crippen molar-refractivity contribution >= 4 is 23.4 Å². The number of hydrogen-bond acceptors (Lipinski definition) is 8. The van der Waals surface area contributed by atoms with E-state index in [0.717, 1.165) is 88.9 Å². The molecule has 6 aromatic heterocycles. The molecule has 0 saturated heterocycles. The van der Waals surface area contributed by atoms with Crippen LogP contribution in [0.2, 0.25) is 0 Å². The highest BCUT2D eigenvalue weighted by Crippen LogP contribution is 2.32. The summed E-state index contributed by atoms with van der Waals surface area (Å²) in [6, 6.07) is 16.9. The first kappa shape index (κ1) is 29.8. The number of nitrogens with zero attached hydrogens (tertiary/aromatic N) is 12. The quantitative estimate of drug-likeness (QED) is 0.225. The zero-order valence-electron chi connectivity index (χ0n) is 28.3. The third-order valence-electron chi connectivity index (χ3n) is 9.31. The summed E-state index contributed by atoms with van der Waals surface area (Å²) in [5.41, 5.74) is 12.5. The van der Waals surface area contributed by atoms with Gasteiger partial charge in [-0.2, -0.15) is 5.10 Å². The van der Waals surface area contributed by atoms with Gasteiger partial charge in [-0.1, -0.05) is 48.5 Å². The molecular weight excluding hydrogens is 625 g/mol. The summed E-state index contributed by atoms with van der Waals surface area (Å²) in [4.78, 5) is 27.4. The van der Waals surface area contributed by atoms with Crippen LogP contribution in [0.25, 0.3) is 46.2 Å². The van der Waals surface area contributed by atoms with E-state index in [4.69, 9.17) is 9.97 Å². The number of hydrogen-bond donors (Lipinski definition) is 0. The summed E-state index contributed by atoms with van der Waals surface area (Å²) < 4.78 is 8.11. The van der Waals surface area contributed by atoms with Crippen LogP contribution in [0.4, 0.5) is 0 Å². The van der Waals surface area contributed by atoms with E-state index in [1.807, 2.05) is 61.3 Å². The van der Waals surface area contributed by atoms with Crippen molar-refractivity contribution in [3.8, 4) is 22.8 Å². The molecular formula is C38H34N12. The van der Waals surface area contributed by atoms with Crippen LogP contribution in [0, 0.1) is 27.7 Å². The average molecular weight is 659 g/mol. The third kappa shape index (κ3) is 5.16. The van der Waals surface area contributed by atoms with E-state index >= 15 is 0 Å². The van der Waals surface area contributed by atoms with Crippen molar-refractivity contribution in [3.05, 3.63) is 130 Å². The number of aryl methyl sites for hydroxylation is 6. The van der Waals surface area contributed by atoms with Gasteiger partial charge in [0.05, 0.1) is 34.2 Å². The fraction of sp³-hybridized carbons (Fsp3) is 0.211. The molecule has 8 heterocycles. The molecule has 0 spiro atoms. The van der Waals surface area contributed by atoms with Gasteiger partial charge in [0, 0.05) is 55.4 Å². The van der Waals surface area contributed by atoms with Gasteiger partial charge in [0.2, 0.25) is 0 Å². The molecule has 2 aromatic carbocycles. The molecule has 50 heavy (non-hydrogen) atoms. The normalized spacial score (nSPS) is 12.7. The molecule has 12 nitrogen and oxygen atoms in total. The van der Waals surface area contributed by atoms with Crippen molar-refractivity contribution in [1.29, 1.82) is 0 Å². The molecule has 0 aliphatic carbocycles. The lowest BCUT2D eigenvalue weighted by atomic mass is 10.1. The van der Waals surface area contributed by atoms with Gasteiger partial charge >= 0.3 is 0 Å². The minimum Gasteiger partial charge on any atom is -0.326 e. The molecule has 0 atom stereocenters. The molecule has 246 valence electrons. The first-order valence-electron chi connectivity index (χ1n) is 16.7. The van der Waals surface area contributed by atoms with Gasteiger partial charge < -0.3 is 9.13 Å². The Kier molecular flexibility index (Phi) is 6.97. The van der Waals surface area contributed by atoms with Crippen molar-refractivity contribution < 1.29 is 0 Å². The topological polar surface area (TPSA) is 122 Å². The van der Waals surface area contributed by atoms with Crippen molar-refractivity contribution in [2.75, 3.05) is 0 Å². The summed E-state index contributed by atoms with van der Waals surface area (Å²) in [5, 5.41) is 9.15. The lowest BCUT2D eigenvalue weighted by Crippen LogP contribution is -1.98. The van der Waals surface area contributed by atoms with Gasteiger partial charge in [-0.3, -0.25) is 9.97 Å². The molecule has 0 bridgehead atoms. The minimum absolute atomic E-state index is 0.660. The summed E-state index contributed by atoms with van der Waals surface area (Å²) in [6.07, 6.45) is 13.3. The zero-order chi connectivity index (χ0) is 33.9. The van der Waals surface area contributed by atoms with Crippen LogP contribution >= 0.6 is 0 Å². The van der Waals surface area contributed by atoms with E-state index in [1.165, 1.54) is 22.3 Å². The predicted octanol–water partition coefficient (Wildman–Crippen LogP) is 5.89. The van der Waals surface area contributed by atoms with Crippen LogP contribution in [-0.4, -0.2) is 58.3 Å². The highest BCUT2D eigenvalue weighted by molar-refractivity contribution is 5.71. The molecule has 0 radical (unpaired) electrons. The Hall–Kier alpha value is -6.30. The van der Waals surface area contributed by atoms with E-state index < -0.39 is 0 Å². The van der Waals surface area contributed by atoms with Crippen molar-refractivity contribution in [1.82, 2.24) is 58.3 Å². The van der Waals surface area contributed by atoms with Crippen LogP contribution in [0.3, 0.4) is 0 Å². The molecule has 10 rings (SSSR count). The van der Waals surface area contributed by atoms with Crippen LogP contribution in [0.5, 0.6) is 0 Å². The fourth-order valence-electron chi connectivity index (χ4n) is 6.72. The maximum atomic E-state index is 4.82. The summed E-state index contributed by atoms with van der Waals surface area (Å²) in [7, 11) is 0. The van der Waals surface area contributed by atoms with Crippen LogP contribution in [-0.2, 0) is 25.9 Å². The van der Waals surface area contributed by atoms with Crippen molar-refractivity contribution in [2.45, 2.75) is 53.6 Å². The summed E-state index contributed by atoms with van der Waals surface area (Å²) in [6.45, 7) is 9.66. The Morgan fingerprint density at radius 2 is 1.22 bits per heavy atom. The first-order valence-corrected chi connectivity index (χ1v) is 16.7.